The second-order valence-electron chi connectivity index (χ2n) is 9.03. The first-order valence-electron chi connectivity index (χ1n) is 11.2. The molecule has 1 amide bonds. The highest BCUT2D eigenvalue weighted by Gasteiger charge is 2.46. The lowest BCUT2D eigenvalue weighted by atomic mass is 9.91. The van der Waals surface area contributed by atoms with Crippen LogP contribution in [0.4, 0.5) is 5.69 Å². The first kappa shape index (κ1) is 25.7. The summed E-state index contributed by atoms with van der Waals surface area (Å²) < 4.78 is 28.7. The maximum Gasteiger partial charge on any atom is 0.332 e. The third-order valence-corrected chi connectivity index (χ3v) is 8.21. The topological polar surface area (TPSA) is 125 Å². The van der Waals surface area contributed by atoms with Crippen LogP contribution in [0.1, 0.15) is 27.0 Å². The van der Waals surface area contributed by atoms with Gasteiger partial charge in [0.25, 0.3) is 15.9 Å². The molecular weight excluding hydrogens is 502 g/mol. The Morgan fingerprint density at radius 2 is 1.64 bits per heavy atom. The van der Waals surface area contributed by atoms with E-state index >= 15 is 0 Å². The van der Waals surface area contributed by atoms with Crippen LogP contribution in [-0.2, 0) is 14.8 Å². The van der Waals surface area contributed by atoms with Crippen molar-refractivity contribution in [3.8, 4) is 11.1 Å². The molecule has 36 heavy (non-hydrogen) atoms. The lowest BCUT2D eigenvalue weighted by Crippen LogP contribution is -2.73. The van der Waals surface area contributed by atoms with E-state index in [-0.39, 0.29) is 18.0 Å². The fourth-order valence-corrected chi connectivity index (χ4v) is 5.65. The Bertz CT molecular complexity index is 1480. The fraction of sp³-hybridized carbons (Fsp3) is 0.231. The Kier molecular flexibility index (Phi) is 6.83. The highest BCUT2D eigenvalue weighted by Crippen LogP contribution is 2.29. The Hall–Kier alpha value is -3.40. The van der Waals surface area contributed by atoms with Crippen molar-refractivity contribution < 1.29 is 23.1 Å². The Morgan fingerprint density at radius 3 is 2.25 bits per heavy atom. The van der Waals surface area contributed by atoms with E-state index in [4.69, 9.17) is 11.6 Å². The average molecular weight is 528 g/mol. The van der Waals surface area contributed by atoms with E-state index in [1.807, 2.05) is 12.1 Å². The van der Waals surface area contributed by atoms with E-state index in [0.29, 0.717) is 33.0 Å². The molecule has 1 aliphatic rings. The van der Waals surface area contributed by atoms with Crippen LogP contribution < -0.4 is 15.4 Å². The molecule has 0 aromatic heterocycles. The van der Waals surface area contributed by atoms with Crippen LogP contribution in [0.25, 0.3) is 11.1 Å². The van der Waals surface area contributed by atoms with Crippen molar-refractivity contribution in [2.45, 2.75) is 31.2 Å². The summed E-state index contributed by atoms with van der Waals surface area (Å²) in [7, 11) is -3.84. The van der Waals surface area contributed by atoms with Crippen molar-refractivity contribution in [2.75, 3.05) is 17.8 Å². The van der Waals surface area contributed by atoms with Crippen LogP contribution in [0.15, 0.2) is 59.5 Å². The Morgan fingerprint density at radius 1 is 0.944 bits per heavy atom. The summed E-state index contributed by atoms with van der Waals surface area (Å²) in [4.78, 5) is 24.5. The fourth-order valence-electron chi connectivity index (χ4n) is 4.07. The zero-order chi connectivity index (χ0) is 26.3. The van der Waals surface area contributed by atoms with Crippen LogP contribution in [0, 0.1) is 20.8 Å². The molecule has 1 fully saturated rings. The molecule has 10 heteroatoms. The van der Waals surface area contributed by atoms with Gasteiger partial charge >= 0.3 is 5.97 Å². The number of aryl methyl sites for hydroxylation is 3. The number of carboxylic acids is 1. The Balaban J connectivity index is 1.57. The van der Waals surface area contributed by atoms with Crippen LogP contribution in [0.3, 0.4) is 0 Å². The van der Waals surface area contributed by atoms with Gasteiger partial charge in [-0.2, -0.15) is 0 Å². The minimum atomic E-state index is -3.84. The van der Waals surface area contributed by atoms with Crippen LogP contribution >= 0.6 is 11.6 Å². The van der Waals surface area contributed by atoms with Gasteiger partial charge in [0.15, 0.2) is 5.54 Å². The predicted molar refractivity (Wildman–Crippen MR) is 139 cm³/mol. The summed E-state index contributed by atoms with van der Waals surface area (Å²) in [5.41, 5.74) is 2.86. The molecule has 3 aromatic carbocycles. The largest absolute Gasteiger partial charge is 0.479 e. The lowest BCUT2D eigenvalue weighted by Gasteiger charge is -2.39. The van der Waals surface area contributed by atoms with Crippen molar-refractivity contribution >= 4 is 39.2 Å². The van der Waals surface area contributed by atoms with Gasteiger partial charge in [0.05, 0.1) is 4.90 Å². The normalized spacial score (nSPS) is 14.6. The van der Waals surface area contributed by atoms with Crippen LogP contribution in [0.5, 0.6) is 0 Å². The minimum absolute atomic E-state index is 0.154. The number of carbonyl (C=O) groups is 2. The molecule has 1 saturated heterocycles. The number of sulfonamides is 1. The number of benzene rings is 3. The number of carboxylic acid groups (broad SMARTS) is 1. The van der Waals surface area contributed by atoms with Crippen molar-refractivity contribution in [1.29, 1.82) is 0 Å². The zero-order valence-corrected chi connectivity index (χ0v) is 21.5. The van der Waals surface area contributed by atoms with Crippen LogP contribution in [0.2, 0.25) is 5.02 Å². The first-order valence-corrected chi connectivity index (χ1v) is 13.1. The minimum Gasteiger partial charge on any atom is -0.479 e. The molecule has 0 atom stereocenters. The smallest absolute Gasteiger partial charge is 0.332 e. The van der Waals surface area contributed by atoms with E-state index in [0.717, 1.165) is 11.1 Å². The third kappa shape index (κ3) is 4.95. The molecule has 3 aromatic rings. The van der Waals surface area contributed by atoms with Crippen molar-refractivity contribution in [2.24, 2.45) is 0 Å². The summed E-state index contributed by atoms with van der Waals surface area (Å²) in [5.74, 6) is -1.54. The maximum atomic E-state index is 13.1. The quantitative estimate of drug-likeness (QED) is 0.369. The molecule has 4 N–H and O–H groups in total. The summed E-state index contributed by atoms with van der Waals surface area (Å²) in [6.07, 6.45) is 0. The highest BCUT2D eigenvalue weighted by atomic mass is 35.5. The number of rotatable bonds is 7. The number of carbonyl (C=O) groups excluding carboxylic acids is 1. The van der Waals surface area contributed by atoms with E-state index < -0.39 is 27.4 Å². The number of nitrogens with one attached hydrogen (secondary N) is 3. The van der Waals surface area contributed by atoms with Gasteiger partial charge in [-0.05, 0) is 78.9 Å². The monoisotopic (exact) mass is 527 g/mol. The van der Waals surface area contributed by atoms with Crippen molar-refractivity contribution in [1.82, 2.24) is 10.6 Å². The molecule has 4 rings (SSSR count). The summed E-state index contributed by atoms with van der Waals surface area (Å²) in [6, 6.07) is 15.3. The highest BCUT2D eigenvalue weighted by molar-refractivity contribution is 7.92. The number of aliphatic carboxylic acids is 1. The number of halogens is 1. The summed E-state index contributed by atoms with van der Waals surface area (Å²) in [6.45, 7) is 5.55. The number of amides is 1. The molecule has 1 heterocycles. The lowest BCUT2D eigenvalue weighted by molar-refractivity contribution is -0.146. The molecule has 0 saturated carbocycles. The van der Waals surface area contributed by atoms with Gasteiger partial charge in [0, 0.05) is 29.4 Å². The predicted octanol–water partition coefficient (Wildman–Crippen LogP) is 3.89. The summed E-state index contributed by atoms with van der Waals surface area (Å²) >= 11 is 6.11. The standard InChI is InChI=1S/C26H26ClN3O5S/c1-15-9-19(7-8-21(15)24(31)29-26(25(32)33)13-28-14-26)18-5-4-6-20(12-18)30-36(34,35)23-11-16(2)22(27)10-17(23)3/h4-12,28,30H,13-14H2,1-3H3,(H,29,31)(H,32,33). The molecule has 0 bridgehead atoms. The van der Waals surface area contributed by atoms with E-state index in [1.54, 1.807) is 63.2 Å². The van der Waals surface area contributed by atoms with Gasteiger partial charge in [-0.15, -0.1) is 0 Å². The van der Waals surface area contributed by atoms with Gasteiger partial charge < -0.3 is 15.7 Å². The molecule has 1 aliphatic heterocycles. The average Bonchev–Trinajstić information content (AvgIpc) is 2.78. The van der Waals surface area contributed by atoms with Crippen molar-refractivity contribution in [3.63, 3.8) is 0 Å². The molecule has 0 unspecified atom stereocenters. The molecule has 0 radical (unpaired) electrons. The second kappa shape index (κ2) is 9.57. The molecular formula is C26H26ClN3O5S. The molecule has 188 valence electrons. The Labute approximate surface area is 214 Å². The van der Waals surface area contributed by atoms with E-state index in [1.165, 1.54) is 0 Å². The molecule has 0 aliphatic carbocycles. The van der Waals surface area contributed by atoms with Gasteiger partial charge in [-0.3, -0.25) is 9.52 Å². The number of hydrogen-bond acceptors (Lipinski definition) is 5. The van der Waals surface area contributed by atoms with Gasteiger partial charge in [0.2, 0.25) is 0 Å². The number of hydrogen-bond donors (Lipinski definition) is 4. The third-order valence-electron chi connectivity index (χ3n) is 6.28. The van der Waals surface area contributed by atoms with Crippen molar-refractivity contribution in [3.05, 3.63) is 81.9 Å². The van der Waals surface area contributed by atoms with E-state index in [2.05, 4.69) is 15.4 Å². The maximum absolute atomic E-state index is 13.1. The van der Waals surface area contributed by atoms with Gasteiger partial charge in [0.1, 0.15) is 0 Å². The van der Waals surface area contributed by atoms with Crippen LogP contribution in [-0.4, -0.2) is 44.0 Å². The number of anilines is 1. The van der Waals surface area contributed by atoms with E-state index in [9.17, 15) is 23.1 Å². The second-order valence-corrected chi connectivity index (χ2v) is 11.1. The first-order chi connectivity index (χ1) is 16.9. The van der Waals surface area contributed by atoms with Gasteiger partial charge in [-0.25, -0.2) is 13.2 Å². The van der Waals surface area contributed by atoms with Gasteiger partial charge in [-0.1, -0.05) is 35.9 Å². The zero-order valence-electron chi connectivity index (χ0n) is 20.0. The SMILES string of the molecule is Cc1cc(S(=O)(=O)Nc2cccc(-c3ccc(C(=O)NC4(C(=O)O)CNC4)c(C)c3)c2)c(C)cc1Cl. The summed E-state index contributed by atoms with van der Waals surface area (Å²) in [5, 5.41) is 15.5. The molecule has 0 spiro atoms. The molecule has 8 nitrogen and oxygen atoms in total.